The van der Waals surface area contributed by atoms with Gasteiger partial charge in [0.25, 0.3) is 10.0 Å². The average Bonchev–Trinajstić information content (AvgIpc) is 2.75. The Labute approximate surface area is 190 Å². The number of hydrogen-bond donors (Lipinski definition) is 2. The van der Waals surface area contributed by atoms with Crippen molar-refractivity contribution in [3.8, 4) is 0 Å². The molecular formula is C26H29NO4S. The number of aryl methyl sites for hydroxylation is 2. The normalized spacial score (nSPS) is 11.4. The van der Waals surface area contributed by atoms with E-state index in [2.05, 4.69) is 4.72 Å². The number of aromatic carboxylic acids is 1. The van der Waals surface area contributed by atoms with E-state index < -0.39 is 16.0 Å². The molecule has 0 aliphatic rings. The molecule has 0 saturated heterocycles. The third-order valence-corrected chi connectivity index (χ3v) is 7.94. The van der Waals surface area contributed by atoms with Crippen LogP contribution in [0, 0.1) is 34.6 Å². The van der Waals surface area contributed by atoms with E-state index in [9.17, 15) is 13.2 Å². The third kappa shape index (κ3) is 4.86. The Morgan fingerprint density at radius 1 is 0.781 bits per heavy atom. The highest BCUT2D eigenvalue weighted by atomic mass is 32.2. The highest BCUT2D eigenvalue weighted by Crippen LogP contribution is 2.30. The van der Waals surface area contributed by atoms with Crippen molar-refractivity contribution in [1.29, 1.82) is 0 Å². The average molecular weight is 452 g/mol. The van der Waals surface area contributed by atoms with E-state index in [0.717, 1.165) is 45.4 Å². The van der Waals surface area contributed by atoms with Gasteiger partial charge in [-0.1, -0.05) is 24.3 Å². The summed E-state index contributed by atoms with van der Waals surface area (Å²) in [5.41, 5.74) is 7.45. The number of rotatable bonds is 7. The molecule has 0 spiro atoms. The van der Waals surface area contributed by atoms with Crippen LogP contribution in [0.3, 0.4) is 0 Å². The van der Waals surface area contributed by atoms with Crippen molar-refractivity contribution in [2.24, 2.45) is 0 Å². The van der Waals surface area contributed by atoms with Crippen LogP contribution in [-0.4, -0.2) is 19.5 Å². The zero-order valence-corrected chi connectivity index (χ0v) is 19.9. The maximum Gasteiger partial charge on any atom is 0.335 e. The van der Waals surface area contributed by atoms with Crippen LogP contribution in [0.1, 0.15) is 49.3 Å². The number of nitrogens with one attached hydrogen (secondary N) is 1. The molecule has 0 radical (unpaired) electrons. The molecule has 0 heterocycles. The molecule has 0 aliphatic heterocycles. The molecule has 0 atom stereocenters. The monoisotopic (exact) mass is 451 g/mol. The zero-order chi connectivity index (χ0) is 23.6. The number of carboxylic acids is 1. The standard InChI is InChI=1S/C26H29NO4S/c1-16-17(2)19(4)25(20(5)18(16)3)32(30,31)27-24-13-11-21(12-14-24)9-10-22-7-6-8-23(15-22)26(28)29/h6-8,11-15,27H,9-10H2,1-5H3,(H,28,29). The largest absolute Gasteiger partial charge is 0.478 e. The number of carbonyl (C=O) groups is 1. The molecule has 5 nitrogen and oxygen atoms in total. The first kappa shape index (κ1) is 23.5. The van der Waals surface area contributed by atoms with Gasteiger partial charge < -0.3 is 5.11 Å². The Kier molecular flexibility index (Phi) is 6.74. The van der Waals surface area contributed by atoms with Crippen molar-refractivity contribution >= 4 is 21.7 Å². The van der Waals surface area contributed by atoms with Gasteiger partial charge >= 0.3 is 5.97 Å². The number of sulfonamides is 1. The summed E-state index contributed by atoms with van der Waals surface area (Å²) < 4.78 is 29.1. The second-order valence-corrected chi connectivity index (χ2v) is 9.88. The maximum atomic E-state index is 13.2. The fourth-order valence-corrected chi connectivity index (χ4v) is 5.62. The fraction of sp³-hybridized carbons (Fsp3) is 0.269. The molecule has 0 amide bonds. The van der Waals surface area contributed by atoms with Gasteiger partial charge in [-0.25, -0.2) is 13.2 Å². The molecule has 3 aromatic rings. The molecule has 2 N–H and O–H groups in total. The molecule has 0 fully saturated rings. The van der Waals surface area contributed by atoms with E-state index in [-0.39, 0.29) is 5.56 Å². The summed E-state index contributed by atoms with van der Waals surface area (Å²) in [7, 11) is -3.72. The van der Waals surface area contributed by atoms with E-state index in [1.54, 1.807) is 30.3 Å². The lowest BCUT2D eigenvalue weighted by Crippen LogP contribution is -2.17. The topological polar surface area (TPSA) is 83.5 Å². The predicted octanol–water partition coefficient (Wildman–Crippen LogP) is 5.51. The molecule has 0 aromatic heterocycles. The minimum absolute atomic E-state index is 0.277. The van der Waals surface area contributed by atoms with E-state index >= 15 is 0 Å². The van der Waals surface area contributed by atoms with Gasteiger partial charge in [-0.05, 0) is 111 Å². The first-order chi connectivity index (χ1) is 15.0. The molecule has 0 saturated carbocycles. The third-order valence-electron chi connectivity index (χ3n) is 6.28. The van der Waals surface area contributed by atoms with Crippen LogP contribution in [0.4, 0.5) is 5.69 Å². The van der Waals surface area contributed by atoms with Gasteiger partial charge in [-0.15, -0.1) is 0 Å². The Morgan fingerprint density at radius 2 is 1.31 bits per heavy atom. The van der Waals surface area contributed by atoms with Gasteiger partial charge in [0, 0.05) is 5.69 Å². The molecule has 0 unspecified atom stereocenters. The van der Waals surface area contributed by atoms with E-state index in [1.165, 1.54) is 0 Å². The Hall–Kier alpha value is -3.12. The molecule has 3 aromatic carbocycles. The summed E-state index contributed by atoms with van der Waals surface area (Å²) in [6, 6.07) is 14.2. The van der Waals surface area contributed by atoms with Gasteiger partial charge in [-0.3, -0.25) is 4.72 Å². The quantitative estimate of drug-likeness (QED) is 0.496. The van der Waals surface area contributed by atoms with Crippen molar-refractivity contribution < 1.29 is 18.3 Å². The molecule has 168 valence electrons. The molecule has 32 heavy (non-hydrogen) atoms. The van der Waals surface area contributed by atoms with Gasteiger partial charge in [0.2, 0.25) is 0 Å². The lowest BCUT2D eigenvalue weighted by Gasteiger charge is -2.19. The van der Waals surface area contributed by atoms with Crippen LogP contribution >= 0.6 is 0 Å². The van der Waals surface area contributed by atoms with Gasteiger partial charge in [0.1, 0.15) is 0 Å². The lowest BCUT2D eigenvalue weighted by atomic mass is 9.95. The number of benzene rings is 3. The lowest BCUT2D eigenvalue weighted by molar-refractivity contribution is 0.0696. The molecular weight excluding hydrogens is 422 g/mol. The van der Waals surface area contributed by atoms with Crippen LogP contribution in [0.5, 0.6) is 0 Å². The Balaban J connectivity index is 1.76. The second-order valence-electron chi connectivity index (χ2n) is 8.26. The Bertz CT molecular complexity index is 1250. The highest BCUT2D eigenvalue weighted by molar-refractivity contribution is 7.92. The van der Waals surface area contributed by atoms with Gasteiger partial charge in [0.05, 0.1) is 10.5 Å². The first-order valence-corrected chi connectivity index (χ1v) is 12.0. The summed E-state index contributed by atoms with van der Waals surface area (Å²) in [4.78, 5) is 11.5. The molecule has 0 bridgehead atoms. The van der Waals surface area contributed by atoms with Crippen LogP contribution in [-0.2, 0) is 22.9 Å². The summed E-state index contributed by atoms with van der Waals surface area (Å²) in [6.45, 7) is 9.64. The molecule has 3 rings (SSSR count). The van der Waals surface area contributed by atoms with Crippen LogP contribution in [0.2, 0.25) is 0 Å². The smallest absolute Gasteiger partial charge is 0.335 e. The van der Waals surface area contributed by atoms with Crippen molar-refractivity contribution in [2.45, 2.75) is 52.4 Å². The van der Waals surface area contributed by atoms with Crippen molar-refractivity contribution in [3.05, 3.63) is 93.0 Å². The fourth-order valence-electron chi connectivity index (χ4n) is 3.96. The second kappa shape index (κ2) is 9.17. The summed E-state index contributed by atoms with van der Waals surface area (Å²) in [6.07, 6.45) is 1.43. The minimum atomic E-state index is -3.72. The Morgan fingerprint density at radius 3 is 1.88 bits per heavy atom. The summed E-state index contributed by atoms with van der Waals surface area (Å²) in [5, 5.41) is 9.12. The number of anilines is 1. The number of hydrogen-bond acceptors (Lipinski definition) is 3. The number of carboxylic acid groups (broad SMARTS) is 1. The van der Waals surface area contributed by atoms with Gasteiger partial charge in [0.15, 0.2) is 0 Å². The minimum Gasteiger partial charge on any atom is -0.478 e. The van der Waals surface area contributed by atoms with E-state index in [1.807, 2.05) is 52.8 Å². The first-order valence-electron chi connectivity index (χ1n) is 10.5. The SMILES string of the molecule is Cc1c(C)c(C)c(S(=O)(=O)Nc2ccc(CCc3cccc(C(=O)O)c3)cc2)c(C)c1C. The highest BCUT2D eigenvalue weighted by Gasteiger charge is 2.23. The molecule has 6 heteroatoms. The summed E-state index contributed by atoms with van der Waals surface area (Å²) >= 11 is 0. The van der Waals surface area contributed by atoms with Gasteiger partial charge in [-0.2, -0.15) is 0 Å². The molecule has 0 aliphatic carbocycles. The van der Waals surface area contributed by atoms with Crippen molar-refractivity contribution in [3.63, 3.8) is 0 Å². The van der Waals surface area contributed by atoms with Crippen LogP contribution < -0.4 is 4.72 Å². The van der Waals surface area contributed by atoms with Crippen molar-refractivity contribution in [2.75, 3.05) is 4.72 Å². The zero-order valence-electron chi connectivity index (χ0n) is 19.1. The van der Waals surface area contributed by atoms with Crippen LogP contribution in [0.15, 0.2) is 53.4 Å². The van der Waals surface area contributed by atoms with E-state index in [4.69, 9.17) is 5.11 Å². The maximum absolute atomic E-state index is 13.2. The summed E-state index contributed by atoms with van der Waals surface area (Å²) in [5.74, 6) is -0.937. The van der Waals surface area contributed by atoms with Crippen molar-refractivity contribution in [1.82, 2.24) is 0 Å². The van der Waals surface area contributed by atoms with E-state index in [0.29, 0.717) is 17.0 Å². The van der Waals surface area contributed by atoms with Crippen LogP contribution in [0.25, 0.3) is 0 Å². The predicted molar refractivity (Wildman–Crippen MR) is 128 cm³/mol.